The van der Waals surface area contributed by atoms with Crippen molar-refractivity contribution < 1.29 is 0 Å². The normalized spacial score (nSPS) is 10.8. The van der Waals surface area contributed by atoms with E-state index in [2.05, 4.69) is 22.7 Å². The first-order chi connectivity index (χ1) is 9.24. The third-order valence-corrected chi connectivity index (χ3v) is 3.04. The van der Waals surface area contributed by atoms with Gasteiger partial charge in [-0.05, 0) is 25.1 Å². The van der Waals surface area contributed by atoms with Crippen molar-refractivity contribution in [1.82, 2.24) is 9.88 Å². The van der Waals surface area contributed by atoms with E-state index >= 15 is 0 Å². The largest absolute Gasteiger partial charge is 0.398 e. The van der Waals surface area contributed by atoms with Crippen LogP contribution in [-0.2, 0) is 6.54 Å². The molecule has 0 fully saturated rings. The molecule has 0 radical (unpaired) electrons. The van der Waals surface area contributed by atoms with Crippen LogP contribution in [0.3, 0.4) is 0 Å². The average molecular weight is 253 g/mol. The van der Waals surface area contributed by atoms with Gasteiger partial charge >= 0.3 is 0 Å². The number of hydrogen-bond acceptors (Lipinski definition) is 3. The van der Waals surface area contributed by atoms with Crippen LogP contribution in [0.1, 0.15) is 19.0 Å². The van der Waals surface area contributed by atoms with Gasteiger partial charge in [0.05, 0.1) is 17.8 Å². The minimum Gasteiger partial charge on any atom is -0.398 e. The lowest BCUT2D eigenvalue weighted by molar-refractivity contribution is 0.296. The van der Waals surface area contributed by atoms with Gasteiger partial charge in [0, 0.05) is 17.6 Å². The SMILES string of the molecule is C#CCN(CCC)Cc1cc(N)c2ccccc2n1. The number of nitrogens with two attached hydrogens (primary N) is 1. The molecule has 0 saturated carbocycles. The number of fused-ring (bicyclic) bond motifs is 1. The van der Waals surface area contributed by atoms with Crippen molar-refractivity contribution in [3.8, 4) is 12.3 Å². The highest BCUT2D eigenvalue weighted by Crippen LogP contribution is 2.20. The highest BCUT2D eigenvalue weighted by Gasteiger charge is 2.07. The van der Waals surface area contributed by atoms with E-state index in [0.29, 0.717) is 6.54 Å². The molecule has 2 N–H and O–H groups in total. The summed E-state index contributed by atoms with van der Waals surface area (Å²) in [6.07, 6.45) is 6.47. The van der Waals surface area contributed by atoms with E-state index in [1.165, 1.54) is 0 Å². The van der Waals surface area contributed by atoms with Gasteiger partial charge in [-0.1, -0.05) is 31.0 Å². The summed E-state index contributed by atoms with van der Waals surface area (Å²) in [5, 5.41) is 1.00. The summed E-state index contributed by atoms with van der Waals surface area (Å²) in [4.78, 5) is 6.86. The number of pyridine rings is 1. The Morgan fingerprint density at radius 1 is 1.37 bits per heavy atom. The summed E-state index contributed by atoms with van der Waals surface area (Å²) in [6, 6.07) is 9.88. The number of terminal acetylenes is 1. The van der Waals surface area contributed by atoms with E-state index in [4.69, 9.17) is 12.2 Å². The van der Waals surface area contributed by atoms with Crippen molar-refractivity contribution in [1.29, 1.82) is 0 Å². The number of anilines is 1. The molecule has 0 atom stereocenters. The minimum absolute atomic E-state index is 0.641. The Kier molecular flexibility index (Phi) is 4.38. The first-order valence-electron chi connectivity index (χ1n) is 6.54. The monoisotopic (exact) mass is 253 g/mol. The smallest absolute Gasteiger partial charge is 0.0726 e. The number of hydrogen-bond donors (Lipinski definition) is 1. The molecule has 2 aromatic rings. The maximum Gasteiger partial charge on any atom is 0.0726 e. The van der Waals surface area contributed by atoms with Crippen LogP contribution in [0.25, 0.3) is 10.9 Å². The topological polar surface area (TPSA) is 42.1 Å². The Morgan fingerprint density at radius 3 is 2.89 bits per heavy atom. The van der Waals surface area contributed by atoms with Gasteiger partial charge in [0.1, 0.15) is 0 Å². The molecule has 0 amide bonds. The van der Waals surface area contributed by atoms with Crippen molar-refractivity contribution in [2.45, 2.75) is 19.9 Å². The molecule has 0 aliphatic heterocycles. The maximum absolute atomic E-state index is 6.08. The summed E-state index contributed by atoms with van der Waals surface area (Å²) in [5.74, 6) is 2.69. The molecule has 0 spiro atoms. The van der Waals surface area contributed by atoms with E-state index in [-0.39, 0.29) is 0 Å². The molecule has 19 heavy (non-hydrogen) atoms. The zero-order valence-electron chi connectivity index (χ0n) is 11.3. The predicted molar refractivity (Wildman–Crippen MR) is 80.6 cm³/mol. The molecule has 0 saturated heterocycles. The molecule has 3 nitrogen and oxygen atoms in total. The van der Waals surface area contributed by atoms with Gasteiger partial charge in [-0.25, -0.2) is 0 Å². The van der Waals surface area contributed by atoms with E-state index in [9.17, 15) is 0 Å². The zero-order valence-corrected chi connectivity index (χ0v) is 11.3. The maximum atomic E-state index is 6.08. The van der Waals surface area contributed by atoms with E-state index < -0.39 is 0 Å². The van der Waals surface area contributed by atoms with Gasteiger partial charge in [0.25, 0.3) is 0 Å². The van der Waals surface area contributed by atoms with Crippen LogP contribution in [0.4, 0.5) is 5.69 Å². The standard InChI is InChI=1S/C16H19N3/c1-3-9-19(10-4-2)12-13-11-15(17)14-7-5-6-8-16(14)18-13/h1,5-8,11H,4,9-10,12H2,2H3,(H2,17,18). The van der Waals surface area contributed by atoms with Gasteiger partial charge in [-0.3, -0.25) is 9.88 Å². The Bertz CT molecular complexity index is 598. The Morgan fingerprint density at radius 2 is 2.16 bits per heavy atom. The summed E-state index contributed by atoms with van der Waals surface area (Å²) >= 11 is 0. The number of nitrogens with zero attached hydrogens (tertiary/aromatic N) is 2. The van der Waals surface area contributed by atoms with E-state index in [1.807, 2.05) is 30.3 Å². The summed E-state index contributed by atoms with van der Waals surface area (Å²) < 4.78 is 0. The molecule has 1 aromatic heterocycles. The molecule has 1 heterocycles. The van der Waals surface area contributed by atoms with Crippen LogP contribution < -0.4 is 5.73 Å². The van der Waals surface area contributed by atoms with Gasteiger partial charge < -0.3 is 5.73 Å². The second kappa shape index (κ2) is 6.21. The molecule has 0 aliphatic rings. The van der Waals surface area contributed by atoms with Crippen LogP contribution in [0.15, 0.2) is 30.3 Å². The number of aromatic nitrogens is 1. The van der Waals surface area contributed by atoms with Crippen LogP contribution >= 0.6 is 0 Å². The summed E-state index contributed by atoms with van der Waals surface area (Å²) in [7, 11) is 0. The molecule has 3 heteroatoms. The molecule has 1 aromatic carbocycles. The van der Waals surface area contributed by atoms with Crippen molar-refractivity contribution in [3.05, 3.63) is 36.0 Å². The fraction of sp³-hybridized carbons (Fsp3) is 0.312. The fourth-order valence-corrected chi connectivity index (χ4v) is 2.23. The van der Waals surface area contributed by atoms with Crippen molar-refractivity contribution in [2.24, 2.45) is 0 Å². The van der Waals surface area contributed by atoms with Crippen LogP contribution in [0.2, 0.25) is 0 Å². The predicted octanol–water partition coefficient (Wildman–Crippen LogP) is 2.66. The Hall–Kier alpha value is -2.05. The first kappa shape index (κ1) is 13.4. The number of para-hydroxylation sites is 1. The molecule has 98 valence electrons. The van der Waals surface area contributed by atoms with E-state index in [1.54, 1.807) is 0 Å². The lowest BCUT2D eigenvalue weighted by atomic mass is 10.1. The van der Waals surface area contributed by atoms with E-state index in [0.717, 1.165) is 41.8 Å². The molecular weight excluding hydrogens is 234 g/mol. The van der Waals surface area contributed by atoms with Gasteiger partial charge in [-0.2, -0.15) is 0 Å². The minimum atomic E-state index is 0.641. The summed E-state index contributed by atoms with van der Waals surface area (Å²) in [6.45, 7) is 4.50. The molecular formula is C16H19N3. The molecule has 0 aliphatic carbocycles. The van der Waals surface area contributed by atoms with Crippen molar-refractivity contribution in [2.75, 3.05) is 18.8 Å². The van der Waals surface area contributed by atoms with Crippen LogP contribution in [0, 0.1) is 12.3 Å². The lowest BCUT2D eigenvalue weighted by Crippen LogP contribution is -2.25. The van der Waals surface area contributed by atoms with Crippen LogP contribution in [-0.4, -0.2) is 23.0 Å². The third kappa shape index (κ3) is 3.24. The quantitative estimate of drug-likeness (QED) is 0.833. The highest BCUT2D eigenvalue weighted by molar-refractivity contribution is 5.90. The van der Waals surface area contributed by atoms with Crippen LogP contribution in [0.5, 0.6) is 0 Å². The number of nitrogen functional groups attached to an aromatic ring is 1. The average Bonchev–Trinajstić information content (AvgIpc) is 2.39. The lowest BCUT2D eigenvalue weighted by Gasteiger charge is -2.18. The van der Waals surface area contributed by atoms with Crippen molar-refractivity contribution >= 4 is 16.6 Å². The second-order valence-electron chi connectivity index (χ2n) is 4.63. The zero-order chi connectivity index (χ0) is 13.7. The Balaban J connectivity index is 2.27. The van der Waals surface area contributed by atoms with Gasteiger partial charge in [0.15, 0.2) is 0 Å². The first-order valence-corrected chi connectivity index (χ1v) is 6.54. The van der Waals surface area contributed by atoms with Gasteiger partial charge in [-0.15, -0.1) is 6.42 Å². The molecule has 2 rings (SSSR count). The highest BCUT2D eigenvalue weighted by atomic mass is 15.1. The fourth-order valence-electron chi connectivity index (χ4n) is 2.23. The molecule has 0 unspecified atom stereocenters. The third-order valence-electron chi connectivity index (χ3n) is 3.04. The second-order valence-corrected chi connectivity index (χ2v) is 4.63. The Labute approximate surface area is 114 Å². The number of benzene rings is 1. The molecule has 0 bridgehead atoms. The van der Waals surface area contributed by atoms with Gasteiger partial charge in [0.2, 0.25) is 0 Å². The van der Waals surface area contributed by atoms with Crippen molar-refractivity contribution in [3.63, 3.8) is 0 Å². The summed E-state index contributed by atoms with van der Waals surface area (Å²) in [5.41, 5.74) is 8.77. The number of rotatable bonds is 5.